The van der Waals surface area contributed by atoms with E-state index in [1.54, 1.807) is 0 Å². The van der Waals surface area contributed by atoms with E-state index in [9.17, 15) is 5.26 Å². The molecule has 5 nitrogen and oxygen atoms in total. The summed E-state index contributed by atoms with van der Waals surface area (Å²) >= 11 is 3.46. The summed E-state index contributed by atoms with van der Waals surface area (Å²) < 4.78 is 0.935. The van der Waals surface area contributed by atoms with Gasteiger partial charge in [0, 0.05) is 43.0 Å². The molecule has 3 heterocycles. The van der Waals surface area contributed by atoms with E-state index in [0.717, 1.165) is 65.0 Å². The highest BCUT2D eigenvalue weighted by molar-refractivity contribution is 9.10. The Bertz CT molecular complexity index is 981. The van der Waals surface area contributed by atoms with E-state index in [4.69, 9.17) is 0 Å². The van der Waals surface area contributed by atoms with Crippen molar-refractivity contribution in [3.05, 3.63) is 58.8 Å². The highest BCUT2D eigenvalue weighted by atomic mass is 79.9. The molecule has 3 aromatic rings. The quantitative estimate of drug-likeness (QED) is 0.642. The molecular formula is C20H18BrN5. The number of benzene rings is 1. The van der Waals surface area contributed by atoms with Crippen LogP contribution in [-0.4, -0.2) is 36.1 Å². The minimum absolute atomic E-state index is 0.738. The molecule has 0 spiro atoms. The van der Waals surface area contributed by atoms with Gasteiger partial charge in [-0.2, -0.15) is 5.26 Å². The van der Waals surface area contributed by atoms with Crippen molar-refractivity contribution in [2.75, 3.05) is 36.0 Å². The fourth-order valence-corrected chi connectivity index (χ4v) is 3.81. The van der Waals surface area contributed by atoms with Gasteiger partial charge in [-0.05, 0) is 46.6 Å². The van der Waals surface area contributed by atoms with Crippen LogP contribution in [0.1, 0.15) is 12.0 Å². The highest BCUT2D eigenvalue weighted by Gasteiger charge is 2.19. The lowest BCUT2D eigenvalue weighted by Crippen LogP contribution is -2.31. The van der Waals surface area contributed by atoms with E-state index < -0.39 is 0 Å². The third-order valence-electron chi connectivity index (χ3n) is 4.72. The van der Waals surface area contributed by atoms with Gasteiger partial charge in [0.2, 0.25) is 0 Å². The van der Waals surface area contributed by atoms with Gasteiger partial charge in [0.15, 0.2) is 0 Å². The zero-order chi connectivity index (χ0) is 17.9. The number of halogens is 1. The molecule has 0 aliphatic carbocycles. The fraction of sp³-hybridized carbons (Fsp3) is 0.250. The summed E-state index contributed by atoms with van der Waals surface area (Å²) in [5.41, 5.74) is 4.72. The largest absolute Gasteiger partial charge is 0.369 e. The number of rotatable bonds is 2. The van der Waals surface area contributed by atoms with Crippen molar-refractivity contribution in [2.24, 2.45) is 0 Å². The Hall–Kier alpha value is -2.65. The lowest BCUT2D eigenvalue weighted by Gasteiger charge is -2.25. The first-order valence-electron chi connectivity index (χ1n) is 8.65. The van der Waals surface area contributed by atoms with Crippen molar-refractivity contribution >= 4 is 38.3 Å². The Balaban J connectivity index is 1.61. The molecule has 0 N–H and O–H groups in total. The SMILES string of the molecule is N#Cc1ccccc1N1CCCN(c2ccnc3cc(Br)cnc23)CC1. The normalized spacial score (nSPS) is 14.9. The second-order valence-corrected chi connectivity index (χ2v) is 7.22. The average molecular weight is 408 g/mol. The Labute approximate surface area is 161 Å². The predicted octanol–water partition coefficient (Wildman–Crippen LogP) is 3.98. The van der Waals surface area contributed by atoms with E-state index in [1.807, 2.05) is 48.8 Å². The second-order valence-electron chi connectivity index (χ2n) is 6.31. The molecule has 0 unspecified atom stereocenters. The molecule has 1 fully saturated rings. The number of hydrogen-bond donors (Lipinski definition) is 0. The van der Waals surface area contributed by atoms with Gasteiger partial charge >= 0.3 is 0 Å². The number of pyridine rings is 2. The number of aromatic nitrogens is 2. The maximum atomic E-state index is 9.38. The van der Waals surface area contributed by atoms with Gasteiger partial charge in [-0.3, -0.25) is 9.97 Å². The Kier molecular flexibility index (Phi) is 4.72. The smallest absolute Gasteiger partial charge is 0.112 e. The maximum Gasteiger partial charge on any atom is 0.112 e. The van der Waals surface area contributed by atoms with E-state index >= 15 is 0 Å². The number of para-hydroxylation sites is 1. The molecule has 0 radical (unpaired) electrons. The summed E-state index contributed by atoms with van der Waals surface area (Å²) in [5, 5.41) is 9.38. The van der Waals surface area contributed by atoms with Crippen LogP contribution < -0.4 is 9.80 Å². The monoisotopic (exact) mass is 407 g/mol. The van der Waals surface area contributed by atoms with Crippen LogP contribution in [0.4, 0.5) is 11.4 Å². The van der Waals surface area contributed by atoms with Gasteiger partial charge in [0.1, 0.15) is 11.6 Å². The second kappa shape index (κ2) is 7.30. The molecule has 1 aromatic carbocycles. The van der Waals surface area contributed by atoms with E-state index in [-0.39, 0.29) is 0 Å². The minimum atomic E-state index is 0.738. The minimum Gasteiger partial charge on any atom is -0.369 e. The Morgan fingerprint density at radius 1 is 0.962 bits per heavy atom. The van der Waals surface area contributed by atoms with Crippen LogP contribution in [0.5, 0.6) is 0 Å². The van der Waals surface area contributed by atoms with E-state index in [1.165, 1.54) is 0 Å². The van der Waals surface area contributed by atoms with Crippen molar-refractivity contribution in [3.63, 3.8) is 0 Å². The van der Waals surface area contributed by atoms with E-state index in [0.29, 0.717) is 0 Å². The molecule has 6 heteroatoms. The number of nitrogens with zero attached hydrogens (tertiary/aromatic N) is 5. The number of anilines is 2. The van der Waals surface area contributed by atoms with Gasteiger partial charge < -0.3 is 9.80 Å². The zero-order valence-electron chi connectivity index (χ0n) is 14.3. The molecule has 26 heavy (non-hydrogen) atoms. The van der Waals surface area contributed by atoms with Crippen molar-refractivity contribution in [3.8, 4) is 6.07 Å². The van der Waals surface area contributed by atoms with Crippen LogP contribution in [-0.2, 0) is 0 Å². The fourth-order valence-electron chi connectivity index (χ4n) is 3.49. The number of fused-ring (bicyclic) bond motifs is 1. The van der Waals surface area contributed by atoms with Crippen LogP contribution in [0.2, 0.25) is 0 Å². The first-order chi connectivity index (χ1) is 12.8. The molecular weight excluding hydrogens is 390 g/mol. The first-order valence-corrected chi connectivity index (χ1v) is 9.45. The molecule has 4 rings (SSSR count). The number of nitriles is 1. The van der Waals surface area contributed by atoms with Gasteiger partial charge in [-0.25, -0.2) is 0 Å². The van der Waals surface area contributed by atoms with Crippen molar-refractivity contribution in [2.45, 2.75) is 6.42 Å². The van der Waals surface area contributed by atoms with Crippen molar-refractivity contribution < 1.29 is 0 Å². The van der Waals surface area contributed by atoms with Crippen molar-refractivity contribution in [1.29, 1.82) is 5.26 Å². The molecule has 1 saturated heterocycles. The summed E-state index contributed by atoms with van der Waals surface area (Å²) in [6.45, 7) is 3.66. The molecule has 1 aliphatic heterocycles. The average Bonchev–Trinajstić information content (AvgIpc) is 2.93. The lowest BCUT2D eigenvalue weighted by atomic mass is 10.1. The highest BCUT2D eigenvalue weighted by Crippen LogP contribution is 2.27. The van der Waals surface area contributed by atoms with Crippen molar-refractivity contribution in [1.82, 2.24) is 9.97 Å². The summed E-state index contributed by atoms with van der Waals surface area (Å²) in [7, 11) is 0. The van der Waals surface area contributed by atoms with Crippen LogP contribution in [0.15, 0.2) is 53.3 Å². The van der Waals surface area contributed by atoms with Crippen LogP contribution in [0.3, 0.4) is 0 Å². The van der Waals surface area contributed by atoms with E-state index in [2.05, 4.69) is 41.8 Å². The Morgan fingerprint density at radius 3 is 2.54 bits per heavy atom. The summed E-state index contributed by atoms with van der Waals surface area (Å²) in [4.78, 5) is 13.7. The standard InChI is InChI=1S/C20H18BrN5/c21-16-12-17-20(24-14-16)19(6-7-23-17)26-9-3-8-25(10-11-26)18-5-2-1-4-15(18)13-22/h1-2,4-7,12,14H,3,8-11H2. The molecule has 1 aliphatic rings. The van der Waals surface area contributed by atoms with Gasteiger partial charge in [-0.15, -0.1) is 0 Å². The predicted molar refractivity (Wildman–Crippen MR) is 107 cm³/mol. The lowest BCUT2D eigenvalue weighted by molar-refractivity contribution is 0.806. The molecule has 0 amide bonds. The summed E-state index contributed by atoms with van der Waals surface area (Å²) in [6.07, 6.45) is 4.69. The third kappa shape index (κ3) is 3.23. The van der Waals surface area contributed by atoms with Crippen LogP contribution in [0, 0.1) is 11.3 Å². The topological polar surface area (TPSA) is 56.1 Å². The molecule has 2 aromatic heterocycles. The number of hydrogen-bond acceptors (Lipinski definition) is 5. The van der Waals surface area contributed by atoms with Gasteiger partial charge in [0.05, 0.1) is 22.5 Å². The van der Waals surface area contributed by atoms with Gasteiger partial charge in [0.25, 0.3) is 0 Å². The zero-order valence-corrected chi connectivity index (χ0v) is 15.9. The summed E-state index contributed by atoms with van der Waals surface area (Å²) in [6, 6.07) is 14.2. The van der Waals surface area contributed by atoms with Crippen LogP contribution >= 0.6 is 15.9 Å². The Morgan fingerprint density at radius 2 is 1.73 bits per heavy atom. The molecule has 0 saturated carbocycles. The third-order valence-corrected chi connectivity index (χ3v) is 5.16. The molecule has 0 bridgehead atoms. The first kappa shape index (κ1) is 16.8. The summed E-state index contributed by atoms with van der Waals surface area (Å²) in [5.74, 6) is 0. The molecule has 0 atom stereocenters. The molecule has 130 valence electrons. The van der Waals surface area contributed by atoms with Crippen LogP contribution in [0.25, 0.3) is 11.0 Å². The van der Waals surface area contributed by atoms with Gasteiger partial charge in [-0.1, -0.05) is 12.1 Å². The maximum absolute atomic E-state index is 9.38.